The van der Waals surface area contributed by atoms with Gasteiger partial charge < -0.3 is 14.2 Å². The Bertz CT molecular complexity index is 485. The molecule has 0 spiro atoms. The van der Waals surface area contributed by atoms with Crippen LogP contribution in [0.25, 0.3) is 0 Å². The van der Waals surface area contributed by atoms with E-state index in [2.05, 4.69) is 5.32 Å². The molecule has 1 N–H and O–H groups in total. The molecule has 5 heteroatoms. The van der Waals surface area contributed by atoms with Gasteiger partial charge >= 0.3 is 5.97 Å². The second kappa shape index (κ2) is 7.31. The Hall–Kier alpha value is -1.75. The lowest BCUT2D eigenvalue weighted by Gasteiger charge is -2.18. The number of ether oxygens (including phenoxy) is 3. The molecule has 1 fully saturated rings. The second-order valence-corrected chi connectivity index (χ2v) is 5.21. The lowest BCUT2D eigenvalue weighted by atomic mass is 10.2. The molecule has 1 aromatic carbocycles. The first-order valence-corrected chi connectivity index (χ1v) is 7.34. The Kier molecular flexibility index (Phi) is 5.44. The molecule has 1 aromatic rings. The molecule has 2 rings (SSSR count). The van der Waals surface area contributed by atoms with E-state index >= 15 is 0 Å². The molecular weight excluding hydrogens is 270 g/mol. The average molecular weight is 293 g/mol. The summed E-state index contributed by atoms with van der Waals surface area (Å²) < 4.78 is 16.1. The molecule has 0 amide bonds. The normalized spacial score (nSPS) is 15.4. The minimum atomic E-state index is -0.441. The zero-order chi connectivity index (χ0) is 15.2. The fourth-order valence-electron chi connectivity index (χ4n) is 2.03. The van der Waals surface area contributed by atoms with E-state index in [4.69, 9.17) is 14.2 Å². The van der Waals surface area contributed by atoms with Gasteiger partial charge in [0, 0.05) is 6.04 Å². The third-order valence-corrected chi connectivity index (χ3v) is 3.31. The van der Waals surface area contributed by atoms with Crippen molar-refractivity contribution in [2.75, 3.05) is 20.3 Å². The third-order valence-electron chi connectivity index (χ3n) is 3.31. The predicted molar refractivity (Wildman–Crippen MR) is 79.8 cm³/mol. The van der Waals surface area contributed by atoms with Crippen molar-refractivity contribution < 1.29 is 19.0 Å². The van der Waals surface area contributed by atoms with E-state index in [-0.39, 0.29) is 12.6 Å². The summed E-state index contributed by atoms with van der Waals surface area (Å²) in [5.74, 6) is 1.04. The van der Waals surface area contributed by atoms with Gasteiger partial charge in [0.25, 0.3) is 0 Å². The molecule has 0 aromatic heterocycles. The van der Waals surface area contributed by atoms with Crippen LogP contribution in [0.15, 0.2) is 18.2 Å². The zero-order valence-corrected chi connectivity index (χ0v) is 12.8. The van der Waals surface area contributed by atoms with Crippen LogP contribution >= 0.6 is 0 Å². The van der Waals surface area contributed by atoms with Gasteiger partial charge in [-0.25, -0.2) is 0 Å². The Morgan fingerprint density at radius 1 is 1.38 bits per heavy atom. The number of hydrogen-bond acceptors (Lipinski definition) is 5. The number of aryl methyl sites for hydroxylation is 1. The molecule has 0 saturated heterocycles. The van der Waals surface area contributed by atoms with Crippen molar-refractivity contribution in [2.24, 2.45) is 0 Å². The van der Waals surface area contributed by atoms with Crippen LogP contribution in [0.5, 0.6) is 11.5 Å². The standard InChI is InChI=1S/C16H23NO4/c1-4-20-16(18)13(17-12-6-7-12)10-21-14-8-5-11(2)9-15(14)19-3/h5,8-9,12-13,17H,4,6-7,10H2,1-3H3. The van der Waals surface area contributed by atoms with E-state index in [0.717, 1.165) is 18.4 Å². The number of benzene rings is 1. The van der Waals surface area contributed by atoms with Crippen molar-refractivity contribution in [3.05, 3.63) is 23.8 Å². The van der Waals surface area contributed by atoms with Crippen LogP contribution < -0.4 is 14.8 Å². The van der Waals surface area contributed by atoms with Gasteiger partial charge in [-0.05, 0) is 44.4 Å². The lowest BCUT2D eigenvalue weighted by molar-refractivity contribution is -0.146. The summed E-state index contributed by atoms with van der Waals surface area (Å²) in [5.41, 5.74) is 1.09. The van der Waals surface area contributed by atoms with Gasteiger partial charge in [0.05, 0.1) is 13.7 Å². The summed E-state index contributed by atoms with van der Waals surface area (Å²) in [5, 5.41) is 3.25. The monoisotopic (exact) mass is 293 g/mol. The molecule has 1 saturated carbocycles. The fourth-order valence-corrected chi connectivity index (χ4v) is 2.03. The van der Waals surface area contributed by atoms with Crippen LogP contribution in [0, 0.1) is 6.92 Å². The van der Waals surface area contributed by atoms with E-state index in [9.17, 15) is 4.79 Å². The highest BCUT2D eigenvalue weighted by atomic mass is 16.5. The summed E-state index contributed by atoms with van der Waals surface area (Å²) in [6.07, 6.45) is 2.20. The first-order chi connectivity index (χ1) is 10.1. The molecule has 1 aliphatic carbocycles. The van der Waals surface area contributed by atoms with Crippen molar-refractivity contribution in [1.29, 1.82) is 0 Å². The summed E-state index contributed by atoms with van der Waals surface area (Å²) in [6, 6.07) is 5.67. The molecule has 1 unspecified atom stereocenters. The van der Waals surface area contributed by atoms with E-state index < -0.39 is 6.04 Å². The molecule has 0 bridgehead atoms. The molecule has 0 radical (unpaired) electrons. The SMILES string of the molecule is CCOC(=O)C(COc1ccc(C)cc1OC)NC1CC1. The first kappa shape index (κ1) is 15.6. The first-order valence-electron chi connectivity index (χ1n) is 7.34. The number of hydrogen-bond donors (Lipinski definition) is 1. The Labute approximate surface area is 125 Å². The van der Waals surface area contributed by atoms with Crippen molar-refractivity contribution >= 4 is 5.97 Å². The van der Waals surface area contributed by atoms with Crippen LogP contribution in [-0.2, 0) is 9.53 Å². The Balaban J connectivity index is 1.98. The molecule has 0 aliphatic heterocycles. The van der Waals surface area contributed by atoms with E-state index in [0.29, 0.717) is 24.1 Å². The van der Waals surface area contributed by atoms with E-state index in [1.54, 1.807) is 14.0 Å². The molecule has 1 atom stereocenters. The van der Waals surface area contributed by atoms with Gasteiger partial charge in [-0.2, -0.15) is 0 Å². The molecule has 5 nitrogen and oxygen atoms in total. The quantitative estimate of drug-likeness (QED) is 0.744. The Morgan fingerprint density at radius 3 is 2.76 bits per heavy atom. The highest BCUT2D eigenvalue weighted by Gasteiger charge is 2.29. The van der Waals surface area contributed by atoms with Gasteiger partial charge in [-0.3, -0.25) is 10.1 Å². The molecule has 116 valence electrons. The summed E-state index contributed by atoms with van der Waals surface area (Å²) in [7, 11) is 1.60. The van der Waals surface area contributed by atoms with E-state index in [1.165, 1.54) is 0 Å². The number of rotatable bonds is 8. The van der Waals surface area contributed by atoms with E-state index in [1.807, 2.05) is 25.1 Å². The minimum absolute atomic E-state index is 0.231. The van der Waals surface area contributed by atoms with Gasteiger partial charge in [-0.15, -0.1) is 0 Å². The van der Waals surface area contributed by atoms with Gasteiger partial charge in [0.1, 0.15) is 12.6 Å². The van der Waals surface area contributed by atoms with Gasteiger partial charge in [-0.1, -0.05) is 6.07 Å². The highest BCUT2D eigenvalue weighted by molar-refractivity contribution is 5.76. The van der Waals surface area contributed by atoms with Gasteiger partial charge in [0.2, 0.25) is 0 Å². The topological polar surface area (TPSA) is 56.8 Å². The van der Waals surface area contributed by atoms with Crippen molar-refractivity contribution in [1.82, 2.24) is 5.32 Å². The number of nitrogens with one attached hydrogen (secondary N) is 1. The molecular formula is C16H23NO4. The number of carbonyl (C=O) groups is 1. The maximum absolute atomic E-state index is 11.9. The van der Waals surface area contributed by atoms with Crippen LogP contribution in [0.4, 0.5) is 0 Å². The largest absolute Gasteiger partial charge is 0.493 e. The third kappa shape index (κ3) is 4.63. The zero-order valence-electron chi connectivity index (χ0n) is 12.8. The van der Waals surface area contributed by atoms with Crippen LogP contribution in [0.1, 0.15) is 25.3 Å². The average Bonchev–Trinajstić information content (AvgIpc) is 3.28. The van der Waals surface area contributed by atoms with Crippen molar-refractivity contribution in [3.63, 3.8) is 0 Å². The Morgan fingerprint density at radius 2 is 2.14 bits per heavy atom. The van der Waals surface area contributed by atoms with Crippen molar-refractivity contribution in [2.45, 2.75) is 38.8 Å². The van der Waals surface area contributed by atoms with Crippen LogP contribution in [0.3, 0.4) is 0 Å². The number of carbonyl (C=O) groups excluding carboxylic acids is 1. The van der Waals surface area contributed by atoms with Crippen molar-refractivity contribution in [3.8, 4) is 11.5 Å². The van der Waals surface area contributed by atoms with Crippen LogP contribution in [0.2, 0.25) is 0 Å². The maximum Gasteiger partial charge on any atom is 0.326 e. The number of esters is 1. The fraction of sp³-hybridized carbons (Fsp3) is 0.562. The van der Waals surface area contributed by atoms with Gasteiger partial charge in [0.15, 0.2) is 11.5 Å². The molecule has 21 heavy (non-hydrogen) atoms. The minimum Gasteiger partial charge on any atom is -0.493 e. The maximum atomic E-state index is 11.9. The summed E-state index contributed by atoms with van der Waals surface area (Å²) in [4.78, 5) is 11.9. The lowest BCUT2D eigenvalue weighted by Crippen LogP contribution is -2.43. The van der Waals surface area contributed by atoms with Crippen LogP contribution in [-0.4, -0.2) is 38.4 Å². The smallest absolute Gasteiger partial charge is 0.326 e. The molecule has 1 aliphatic rings. The molecule has 0 heterocycles. The number of methoxy groups -OCH3 is 1. The second-order valence-electron chi connectivity index (χ2n) is 5.21. The summed E-state index contributed by atoms with van der Waals surface area (Å²) in [6.45, 7) is 4.39. The summed E-state index contributed by atoms with van der Waals surface area (Å²) >= 11 is 0. The predicted octanol–water partition coefficient (Wildman–Crippen LogP) is 2.07. The highest BCUT2D eigenvalue weighted by Crippen LogP contribution is 2.28.